The molecule has 0 bridgehead atoms. The molecule has 0 saturated carbocycles. The summed E-state index contributed by atoms with van der Waals surface area (Å²) in [5.41, 5.74) is -1.81. The van der Waals surface area contributed by atoms with E-state index in [-0.39, 0.29) is 14.5 Å². The number of hydrogen-bond acceptors (Lipinski definition) is 5. The smallest absolute Gasteiger partial charge is 0.286 e. The molecule has 5 nitrogen and oxygen atoms in total. The highest BCUT2D eigenvalue weighted by Gasteiger charge is 2.38. The molecule has 0 unspecified atom stereocenters. The minimum Gasteiger partial charge on any atom is -0.286 e. The minimum absolute atomic E-state index is 0.00677. The fourth-order valence-electron chi connectivity index (χ4n) is 1.43. The van der Waals surface area contributed by atoms with Gasteiger partial charge in [-0.25, -0.2) is 4.98 Å². The molecule has 0 aliphatic carbocycles. The molecular formula is C10H5Br2F3N4OS. The van der Waals surface area contributed by atoms with Crippen LogP contribution in [0, 0.1) is 0 Å². The van der Waals surface area contributed by atoms with E-state index in [4.69, 9.17) is 0 Å². The van der Waals surface area contributed by atoms with Gasteiger partial charge in [-0.1, -0.05) is 0 Å². The number of hydrogen-bond donors (Lipinski definition) is 0. The predicted molar refractivity (Wildman–Crippen MR) is 77.3 cm³/mol. The predicted octanol–water partition coefficient (Wildman–Crippen LogP) is 3.75. The highest BCUT2D eigenvalue weighted by Crippen LogP contribution is 2.32. The minimum atomic E-state index is -4.74. The van der Waals surface area contributed by atoms with Crippen molar-refractivity contribution in [3.8, 4) is 0 Å². The molecule has 0 radical (unpaired) electrons. The SMILES string of the molecule is CN(C(=O)c1ccc(Br)nc1C(F)(F)F)c1nc(Br)ns1. The van der Waals surface area contributed by atoms with Crippen molar-refractivity contribution < 1.29 is 18.0 Å². The van der Waals surface area contributed by atoms with E-state index < -0.39 is 23.3 Å². The molecule has 2 heterocycles. The van der Waals surface area contributed by atoms with Crippen molar-refractivity contribution in [2.24, 2.45) is 0 Å². The molecule has 2 aromatic heterocycles. The summed E-state index contributed by atoms with van der Waals surface area (Å²) < 4.78 is 43.0. The number of alkyl halides is 3. The molecule has 0 fully saturated rings. The molecular weight excluding hydrogens is 441 g/mol. The Labute approximate surface area is 137 Å². The normalized spacial score (nSPS) is 11.5. The summed E-state index contributed by atoms with van der Waals surface area (Å²) in [5, 5.41) is 0.169. The van der Waals surface area contributed by atoms with Crippen LogP contribution in [0.5, 0.6) is 0 Å². The van der Waals surface area contributed by atoms with Gasteiger partial charge in [0.05, 0.1) is 5.56 Å². The second-order valence-corrected chi connectivity index (χ2v) is 5.99. The highest BCUT2D eigenvalue weighted by molar-refractivity contribution is 9.10. The fraction of sp³-hybridized carbons (Fsp3) is 0.200. The third-order valence-electron chi connectivity index (χ3n) is 2.34. The van der Waals surface area contributed by atoms with Gasteiger partial charge in [0.25, 0.3) is 5.91 Å². The van der Waals surface area contributed by atoms with Crippen molar-refractivity contribution >= 4 is 54.4 Å². The van der Waals surface area contributed by atoms with E-state index in [1.165, 1.54) is 13.1 Å². The Morgan fingerprint density at radius 3 is 2.48 bits per heavy atom. The quantitative estimate of drug-likeness (QED) is 0.660. The second-order valence-electron chi connectivity index (χ2n) is 3.74. The number of carbonyl (C=O) groups excluding carboxylic acids is 1. The first kappa shape index (κ1) is 16.3. The Bertz CT molecular complexity index is 691. The van der Waals surface area contributed by atoms with Gasteiger partial charge in [-0.3, -0.25) is 9.69 Å². The lowest BCUT2D eigenvalue weighted by Gasteiger charge is -2.16. The van der Waals surface area contributed by atoms with Gasteiger partial charge in [0.1, 0.15) is 4.60 Å². The Hall–Kier alpha value is -1.07. The summed E-state index contributed by atoms with van der Waals surface area (Å²) in [6.07, 6.45) is -4.74. The van der Waals surface area contributed by atoms with Gasteiger partial charge in [0.15, 0.2) is 5.69 Å². The Balaban J connectivity index is 2.44. The Morgan fingerprint density at radius 2 is 1.95 bits per heavy atom. The Kier molecular flexibility index (Phi) is 4.63. The van der Waals surface area contributed by atoms with Gasteiger partial charge in [0, 0.05) is 18.6 Å². The molecule has 0 atom stereocenters. The van der Waals surface area contributed by atoms with Crippen LogP contribution in [0.1, 0.15) is 16.1 Å². The van der Waals surface area contributed by atoms with Crippen LogP contribution in [0.15, 0.2) is 21.5 Å². The fourth-order valence-corrected chi connectivity index (χ4v) is 2.77. The van der Waals surface area contributed by atoms with Crippen molar-refractivity contribution in [3.63, 3.8) is 0 Å². The molecule has 0 aliphatic rings. The van der Waals surface area contributed by atoms with E-state index in [2.05, 4.69) is 46.2 Å². The van der Waals surface area contributed by atoms with Crippen LogP contribution in [0.25, 0.3) is 0 Å². The van der Waals surface area contributed by atoms with E-state index in [0.717, 1.165) is 22.5 Å². The van der Waals surface area contributed by atoms with Gasteiger partial charge in [0.2, 0.25) is 9.87 Å². The van der Waals surface area contributed by atoms with Crippen LogP contribution in [0.3, 0.4) is 0 Å². The number of anilines is 1. The van der Waals surface area contributed by atoms with Gasteiger partial charge < -0.3 is 0 Å². The van der Waals surface area contributed by atoms with Gasteiger partial charge in [-0.15, -0.1) is 0 Å². The first-order chi connectivity index (χ1) is 9.70. The number of carbonyl (C=O) groups is 1. The largest absolute Gasteiger partial charge is 0.434 e. The molecule has 11 heteroatoms. The van der Waals surface area contributed by atoms with Crippen LogP contribution >= 0.6 is 43.4 Å². The summed E-state index contributed by atoms with van der Waals surface area (Å²) in [7, 11) is 1.32. The van der Waals surface area contributed by atoms with Crippen molar-refractivity contribution in [3.05, 3.63) is 32.7 Å². The summed E-state index contributed by atoms with van der Waals surface area (Å²) in [4.78, 5) is 20.4. The number of amides is 1. The third kappa shape index (κ3) is 3.58. The molecule has 0 spiro atoms. The maximum atomic E-state index is 13.0. The highest BCUT2D eigenvalue weighted by atomic mass is 79.9. The number of nitrogens with zero attached hydrogens (tertiary/aromatic N) is 4. The lowest BCUT2D eigenvalue weighted by molar-refractivity contribution is -0.141. The maximum absolute atomic E-state index is 13.0. The summed E-state index contributed by atoms with van der Waals surface area (Å²) in [5.74, 6) is -0.869. The summed E-state index contributed by atoms with van der Waals surface area (Å²) in [6, 6.07) is 2.33. The van der Waals surface area contributed by atoms with E-state index in [1.54, 1.807) is 0 Å². The third-order valence-corrected chi connectivity index (χ3v) is 4.17. The average Bonchev–Trinajstić information content (AvgIpc) is 2.82. The average molecular weight is 446 g/mol. The number of pyridine rings is 1. The van der Waals surface area contributed by atoms with Gasteiger partial charge >= 0.3 is 6.18 Å². The molecule has 2 aromatic rings. The lowest BCUT2D eigenvalue weighted by atomic mass is 10.1. The maximum Gasteiger partial charge on any atom is 0.434 e. The molecule has 0 saturated heterocycles. The van der Waals surface area contributed by atoms with Crippen LogP contribution in [-0.2, 0) is 6.18 Å². The van der Waals surface area contributed by atoms with E-state index in [9.17, 15) is 18.0 Å². The molecule has 0 N–H and O–H groups in total. The van der Waals surface area contributed by atoms with E-state index >= 15 is 0 Å². The molecule has 0 aromatic carbocycles. The second kappa shape index (κ2) is 5.97. The standard InChI is InChI=1S/C10H5Br2F3N4OS/c1-19(9-17-8(12)18-21-9)7(20)4-2-3-5(11)16-6(4)10(13,14)15/h2-3H,1H3. The van der Waals surface area contributed by atoms with Crippen LogP contribution in [0.2, 0.25) is 0 Å². The van der Waals surface area contributed by atoms with Crippen LogP contribution in [-0.4, -0.2) is 27.3 Å². The van der Waals surface area contributed by atoms with E-state index in [1.807, 2.05) is 0 Å². The summed E-state index contributed by atoms with van der Waals surface area (Å²) in [6.45, 7) is 0. The zero-order chi connectivity index (χ0) is 15.8. The van der Waals surface area contributed by atoms with Gasteiger partial charge in [-0.2, -0.15) is 22.5 Å². The molecule has 1 amide bonds. The molecule has 2 rings (SSSR count). The van der Waals surface area contributed by atoms with Crippen molar-refractivity contribution in [2.75, 3.05) is 11.9 Å². The number of rotatable bonds is 2. The number of halogens is 5. The van der Waals surface area contributed by atoms with Crippen molar-refractivity contribution in [1.82, 2.24) is 14.3 Å². The first-order valence-corrected chi connectivity index (χ1v) is 7.57. The zero-order valence-electron chi connectivity index (χ0n) is 10.1. The Morgan fingerprint density at radius 1 is 1.29 bits per heavy atom. The van der Waals surface area contributed by atoms with Gasteiger partial charge in [-0.05, 0) is 44.0 Å². The lowest BCUT2D eigenvalue weighted by Crippen LogP contribution is -2.29. The monoisotopic (exact) mass is 444 g/mol. The molecule has 0 aliphatic heterocycles. The topological polar surface area (TPSA) is 59.0 Å². The van der Waals surface area contributed by atoms with Crippen molar-refractivity contribution in [1.29, 1.82) is 0 Å². The molecule has 21 heavy (non-hydrogen) atoms. The zero-order valence-corrected chi connectivity index (χ0v) is 14.1. The first-order valence-electron chi connectivity index (χ1n) is 5.21. The molecule has 112 valence electrons. The van der Waals surface area contributed by atoms with Crippen LogP contribution < -0.4 is 4.90 Å². The van der Waals surface area contributed by atoms with Crippen molar-refractivity contribution in [2.45, 2.75) is 6.18 Å². The summed E-state index contributed by atoms with van der Waals surface area (Å²) >= 11 is 6.76. The number of aromatic nitrogens is 3. The van der Waals surface area contributed by atoms with Crippen LogP contribution in [0.4, 0.5) is 18.3 Å². The van der Waals surface area contributed by atoms with E-state index in [0.29, 0.717) is 0 Å².